The summed E-state index contributed by atoms with van der Waals surface area (Å²) in [5.74, 6) is -0.386. The van der Waals surface area contributed by atoms with E-state index in [-0.39, 0.29) is 28.4 Å². The molecule has 8 heterocycles. The van der Waals surface area contributed by atoms with Gasteiger partial charge in [0.15, 0.2) is 0 Å². The van der Waals surface area contributed by atoms with Gasteiger partial charge in [-0.2, -0.15) is 0 Å². The Morgan fingerprint density at radius 3 is 1.51 bits per heavy atom. The van der Waals surface area contributed by atoms with Crippen LogP contribution in [0.3, 0.4) is 0 Å². The van der Waals surface area contributed by atoms with Gasteiger partial charge in [0.1, 0.15) is 11.6 Å². The second-order valence-electron chi connectivity index (χ2n) is 22.0. The van der Waals surface area contributed by atoms with Crippen LogP contribution in [0, 0.1) is 25.5 Å². The number of anilines is 5. The second-order valence-corrected chi connectivity index (χ2v) is 22.0. The van der Waals surface area contributed by atoms with Crippen molar-refractivity contribution in [1.82, 2.24) is 29.9 Å². The molecule has 372 valence electrons. The highest BCUT2D eigenvalue weighted by atomic mass is 19.1. The fourth-order valence-electron chi connectivity index (χ4n) is 10.9. The van der Waals surface area contributed by atoms with Crippen LogP contribution in [0.15, 0.2) is 134 Å². The van der Waals surface area contributed by atoms with Crippen molar-refractivity contribution in [3.05, 3.63) is 168 Å². The van der Waals surface area contributed by atoms with Crippen LogP contribution in [0.1, 0.15) is 77.6 Å². The third-order valence-corrected chi connectivity index (χ3v) is 15.3. The van der Waals surface area contributed by atoms with Gasteiger partial charge in [-0.05, 0) is 125 Å². The molecule has 1 fully saturated rings. The molecule has 0 amide bonds. The first-order valence-corrected chi connectivity index (χ1v) is 25.0. The van der Waals surface area contributed by atoms with Crippen molar-refractivity contribution in [3.8, 4) is 34.0 Å². The summed E-state index contributed by atoms with van der Waals surface area (Å²) < 4.78 is 41.5. The van der Waals surface area contributed by atoms with Crippen molar-refractivity contribution in [2.45, 2.75) is 91.3 Å². The largest absolute Gasteiger partial charge is 0.494 e. The summed E-state index contributed by atoms with van der Waals surface area (Å²) in [5, 5.41) is 1.81. The van der Waals surface area contributed by atoms with Crippen LogP contribution < -0.4 is 21.0 Å². The normalized spacial score (nSPS) is 16.8. The molecule has 74 heavy (non-hydrogen) atoms. The lowest BCUT2D eigenvalue weighted by Gasteiger charge is -2.32. The first-order chi connectivity index (χ1) is 35.2. The number of nitrogens with zero attached hydrogens (tertiary/aromatic N) is 8. The Bertz CT molecular complexity index is 3670. The van der Waals surface area contributed by atoms with Gasteiger partial charge in [0.2, 0.25) is 5.95 Å². The summed E-state index contributed by atoms with van der Waals surface area (Å²) in [6.07, 6.45) is 5.18. The van der Waals surface area contributed by atoms with E-state index in [2.05, 4.69) is 135 Å². The first-order valence-electron chi connectivity index (χ1n) is 25.0. The number of nitrogens with two attached hydrogens (primary N) is 1. The Labute approximate surface area is 431 Å². The van der Waals surface area contributed by atoms with Crippen LogP contribution in [0.5, 0.6) is 0 Å². The maximum Gasteiger partial charge on any atom is 0.494 e. The molecule has 3 aliphatic heterocycles. The number of benzene rings is 4. The average molecular weight is 986 g/mol. The van der Waals surface area contributed by atoms with Gasteiger partial charge in [0, 0.05) is 93.5 Å². The van der Waals surface area contributed by atoms with E-state index in [1.165, 1.54) is 35.4 Å². The summed E-state index contributed by atoms with van der Waals surface area (Å²) in [5.41, 5.74) is 20.5. The molecule has 14 heteroatoms. The monoisotopic (exact) mass is 985 g/mol. The molecule has 5 aromatic heterocycles. The zero-order valence-electron chi connectivity index (χ0n) is 43.4. The molecule has 12 rings (SSSR count). The maximum absolute atomic E-state index is 14.4. The Balaban J connectivity index is 0.000000159. The van der Waals surface area contributed by atoms with Crippen molar-refractivity contribution >= 4 is 63.1 Å². The van der Waals surface area contributed by atoms with Gasteiger partial charge < -0.3 is 24.8 Å². The van der Waals surface area contributed by atoms with E-state index in [0.717, 1.165) is 97.2 Å². The Hall–Kier alpha value is -7.68. The summed E-state index contributed by atoms with van der Waals surface area (Å²) in [6, 6.07) is 36.0. The van der Waals surface area contributed by atoms with Crippen LogP contribution in [-0.2, 0) is 20.1 Å². The predicted octanol–water partition coefficient (Wildman–Crippen LogP) is 12.7. The molecule has 4 aromatic carbocycles. The topological polar surface area (TPSA) is 128 Å². The van der Waals surface area contributed by atoms with Crippen LogP contribution in [0.4, 0.5) is 37.5 Å². The third-order valence-electron chi connectivity index (χ3n) is 15.3. The molecule has 11 nitrogen and oxygen atoms in total. The molecule has 3 aliphatic rings. The van der Waals surface area contributed by atoms with Gasteiger partial charge in [0.05, 0.1) is 62.1 Å². The Morgan fingerprint density at radius 2 is 1.03 bits per heavy atom. The van der Waals surface area contributed by atoms with Crippen LogP contribution in [-0.4, -0.2) is 61.3 Å². The lowest BCUT2D eigenvalue weighted by molar-refractivity contribution is 0.00578. The number of pyridine rings is 4. The number of hydrogen-bond acceptors (Lipinski definition) is 11. The molecule has 0 aliphatic carbocycles. The molecule has 1 saturated heterocycles. The Morgan fingerprint density at radius 1 is 0.527 bits per heavy atom. The van der Waals surface area contributed by atoms with Crippen molar-refractivity contribution in [2.75, 3.05) is 28.6 Å². The lowest BCUT2D eigenvalue weighted by Crippen LogP contribution is -2.41. The van der Waals surface area contributed by atoms with E-state index in [1.54, 1.807) is 18.6 Å². The second kappa shape index (κ2) is 17.8. The summed E-state index contributed by atoms with van der Waals surface area (Å²) in [6.45, 7) is 23.0. The summed E-state index contributed by atoms with van der Waals surface area (Å²) in [4.78, 5) is 32.0. The molecule has 0 atom stereocenters. The lowest BCUT2D eigenvalue weighted by atomic mass is 9.77. The van der Waals surface area contributed by atoms with E-state index in [0.29, 0.717) is 11.0 Å². The highest BCUT2D eigenvalue weighted by Gasteiger charge is 2.52. The highest BCUT2D eigenvalue weighted by Crippen LogP contribution is 2.51. The third kappa shape index (κ3) is 8.39. The molecular formula is C60H58BF2N9O2. The number of hydrogen-bond donors (Lipinski definition) is 1. The number of halogens is 2. The number of nitrogen functional groups attached to an aromatic ring is 1. The molecule has 0 unspecified atom stereocenters. The zero-order chi connectivity index (χ0) is 52.1. The number of fused-ring (bicyclic) bond motifs is 4. The number of aromatic nitrogens is 6. The number of rotatable bonds is 6. The minimum Gasteiger partial charge on any atom is -0.399 e. The van der Waals surface area contributed by atoms with E-state index in [9.17, 15) is 8.78 Å². The molecule has 0 radical (unpaired) electrons. The maximum atomic E-state index is 14.4. The molecule has 0 saturated carbocycles. The van der Waals surface area contributed by atoms with E-state index >= 15 is 0 Å². The highest BCUT2D eigenvalue weighted by molar-refractivity contribution is 6.62. The van der Waals surface area contributed by atoms with Crippen LogP contribution in [0.25, 0.3) is 55.8 Å². The van der Waals surface area contributed by atoms with Crippen LogP contribution in [0.2, 0.25) is 0 Å². The van der Waals surface area contributed by atoms with Crippen molar-refractivity contribution in [2.24, 2.45) is 0 Å². The van der Waals surface area contributed by atoms with Gasteiger partial charge in [-0.3, -0.25) is 9.97 Å². The van der Waals surface area contributed by atoms with E-state index in [4.69, 9.17) is 25.0 Å². The van der Waals surface area contributed by atoms with Gasteiger partial charge in [-0.25, -0.2) is 28.7 Å². The average Bonchev–Trinajstić information content (AvgIpc) is 3.89. The first kappa shape index (κ1) is 48.6. The fraction of sp³-hybridized carbons (Fsp3) is 0.267. The minimum atomic E-state index is -0.454. The summed E-state index contributed by atoms with van der Waals surface area (Å²) >= 11 is 0. The molecule has 0 spiro atoms. The van der Waals surface area contributed by atoms with Crippen molar-refractivity contribution in [3.63, 3.8) is 0 Å². The molecular weight excluding hydrogens is 928 g/mol. The molecule has 9 aromatic rings. The van der Waals surface area contributed by atoms with Crippen molar-refractivity contribution in [1.29, 1.82) is 0 Å². The van der Waals surface area contributed by atoms with Gasteiger partial charge in [-0.15, -0.1) is 0 Å². The molecule has 2 N–H and O–H groups in total. The molecule has 0 bridgehead atoms. The van der Waals surface area contributed by atoms with E-state index in [1.807, 2.05) is 54.6 Å². The van der Waals surface area contributed by atoms with Gasteiger partial charge in [-0.1, -0.05) is 64.1 Å². The van der Waals surface area contributed by atoms with Crippen molar-refractivity contribution < 1.29 is 18.1 Å². The Kier molecular flexibility index (Phi) is 11.7. The predicted molar refractivity (Wildman–Crippen MR) is 293 cm³/mol. The minimum absolute atomic E-state index is 0.100. The van der Waals surface area contributed by atoms with Crippen LogP contribution >= 0.6 is 0 Å². The zero-order valence-corrected chi connectivity index (χ0v) is 43.4. The van der Waals surface area contributed by atoms with Gasteiger partial charge >= 0.3 is 7.12 Å². The SMILES string of the molecule is Cc1c(-c2ccccn2)nc2cc(F)ccc2c1N1CC(C)(C)c2ccc(-c3ccnc(N)n3)cc21.Cc1c(-c2ccccn2)nc2cc(F)ccc2c1N1CC(C)(C)c2ccc(B3OC(C)(C)C(C)(C)O3)cc21. The van der Waals surface area contributed by atoms with E-state index < -0.39 is 18.3 Å². The summed E-state index contributed by atoms with van der Waals surface area (Å²) in [7, 11) is -0.454. The quantitative estimate of drug-likeness (QED) is 0.160. The van der Waals surface area contributed by atoms with Gasteiger partial charge in [0.25, 0.3) is 0 Å². The smallest absolute Gasteiger partial charge is 0.399 e. The standard InChI is InChI=1S/C31H33BFN3O2.C29H25FN6/c1-19-27(24-10-8-9-15-34-24)35-25-17-21(33)12-13-22(25)28(19)36-18-29(2,3)23-14-11-20(16-26(23)36)32-37-30(4,5)31(6,7)38-32;1-17-26(23-6-4-5-12-32-23)34-24-15-19(30)8-9-20(24)27(17)36-16-29(2,3)21-10-7-18(14-25(21)36)22-11-13-33-28(31)35-22/h8-17H,18H2,1-7H3;4-15H,16H2,1-3H3,(H2,31,33,35). The fourth-order valence-corrected chi connectivity index (χ4v) is 10.9.